The summed E-state index contributed by atoms with van der Waals surface area (Å²) in [6, 6.07) is 7.83. The third-order valence-electron chi connectivity index (χ3n) is 2.40. The standard InChI is InChI=1S/C15H22O2/c1-5-7-11-16-15(3,4)17-14-10-8-9-13(6-2)12-14/h6,8-10,12H,2,5,7,11H2,1,3-4H3. The average molecular weight is 234 g/mol. The summed E-state index contributed by atoms with van der Waals surface area (Å²) in [5.74, 6) is 0.221. The van der Waals surface area contributed by atoms with Gasteiger partial charge in [0.1, 0.15) is 5.75 Å². The highest BCUT2D eigenvalue weighted by Gasteiger charge is 2.19. The highest BCUT2D eigenvalue weighted by Crippen LogP contribution is 2.21. The van der Waals surface area contributed by atoms with Gasteiger partial charge in [-0.1, -0.05) is 38.1 Å². The summed E-state index contributed by atoms with van der Waals surface area (Å²) in [5.41, 5.74) is 1.05. The Morgan fingerprint density at radius 3 is 2.76 bits per heavy atom. The van der Waals surface area contributed by atoms with Crippen molar-refractivity contribution in [3.63, 3.8) is 0 Å². The van der Waals surface area contributed by atoms with Crippen LogP contribution in [0.15, 0.2) is 30.8 Å². The lowest BCUT2D eigenvalue weighted by Crippen LogP contribution is -2.32. The molecule has 0 saturated carbocycles. The van der Waals surface area contributed by atoms with Crippen molar-refractivity contribution < 1.29 is 9.47 Å². The number of hydrogen-bond acceptors (Lipinski definition) is 2. The first-order valence-electron chi connectivity index (χ1n) is 6.13. The first-order valence-corrected chi connectivity index (χ1v) is 6.13. The van der Waals surface area contributed by atoms with E-state index in [2.05, 4.69) is 13.5 Å². The van der Waals surface area contributed by atoms with Gasteiger partial charge in [0.15, 0.2) is 0 Å². The largest absolute Gasteiger partial charge is 0.463 e. The topological polar surface area (TPSA) is 18.5 Å². The summed E-state index contributed by atoms with van der Waals surface area (Å²) in [5, 5.41) is 0. The zero-order valence-electron chi connectivity index (χ0n) is 11.0. The highest BCUT2D eigenvalue weighted by molar-refractivity contribution is 5.49. The van der Waals surface area contributed by atoms with E-state index in [1.54, 1.807) is 6.08 Å². The van der Waals surface area contributed by atoms with Gasteiger partial charge < -0.3 is 9.47 Å². The summed E-state index contributed by atoms with van der Waals surface area (Å²) >= 11 is 0. The lowest BCUT2D eigenvalue weighted by atomic mass is 10.2. The van der Waals surface area contributed by atoms with E-state index in [0.29, 0.717) is 0 Å². The number of unbranched alkanes of at least 4 members (excludes halogenated alkanes) is 1. The first-order chi connectivity index (χ1) is 8.07. The van der Waals surface area contributed by atoms with Crippen molar-refractivity contribution in [2.45, 2.75) is 39.4 Å². The van der Waals surface area contributed by atoms with Crippen LogP contribution in [0.25, 0.3) is 6.08 Å². The Morgan fingerprint density at radius 2 is 2.12 bits per heavy atom. The second-order valence-corrected chi connectivity index (χ2v) is 4.48. The van der Waals surface area contributed by atoms with Gasteiger partial charge in [-0.15, -0.1) is 0 Å². The molecule has 0 amide bonds. The first kappa shape index (κ1) is 13.8. The van der Waals surface area contributed by atoms with Crippen LogP contribution in [-0.4, -0.2) is 12.4 Å². The Balaban J connectivity index is 2.58. The summed E-state index contributed by atoms with van der Waals surface area (Å²) in [4.78, 5) is 0. The van der Waals surface area contributed by atoms with Crippen LogP contribution in [0.1, 0.15) is 39.2 Å². The molecular formula is C15H22O2. The van der Waals surface area contributed by atoms with Crippen LogP contribution in [0.2, 0.25) is 0 Å². The number of hydrogen-bond donors (Lipinski definition) is 0. The third-order valence-corrected chi connectivity index (χ3v) is 2.40. The van der Waals surface area contributed by atoms with Gasteiger partial charge in [-0.05, 0) is 24.1 Å². The van der Waals surface area contributed by atoms with Gasteiger partial charge in [0.05, 0.1) is 6.61 Å². The molecular weight excluding hydrogens is 212 g/mol. The van der Waals surface area contributed by atoms with E-state index in [-0.39, 0.29) is 0 Å². The van der Waals surface area contributed by atoms with Crippen LogP contribution in [0.3, 0.4) is 0 Å². The number of rotatable bonds is 7. The lowest BCUT2D eigenvalue weighted by Gasteiger charge is -2.26. The fourth-order valence-corrected chi connectivity index (χ4v) is 1.48. The predicted molar refractivity (Wildman–Crippen MR) is 72.1 cm³/mol. The fourth-order valence-electron chi connectivity index (χ4n) is 1.48. The van der Waals surface area contributed by atoms with Gasteiger partial charge in [0, 0.05) is 13.8 Å². The van der Waals surface area contributed by atoms with E-state index in [1.807, 2.05) is 38.1 Å². The summed E-state index contributed by atoms with van der Waals surface area (Å²) in [6.07, 6.45) is 3.99. The van der Waals surface area contributed by atoms with Crippen LogP contribution in [-0.2, 0) is 4.74 Å². The van der Waals surface area contributed by atoms with Gasteiger partial charge in [0.2, 0.25) is 5.79 Å². The maximum atomic E-state index is 5.82. The molecule has 0 aliphatic rings. The van der Waals surface area contributed by atoms with E-state index < -0.39 is 5.79 Å². The summed E-state index contributed by atoms with van der Waals surface area (Å²) in [7, 11) is 0. The Hall–Kier alpha value is -1.28. The molecule has 0 fully saturated rings. The molecule has 0 spiro atoms. The molecule has 0 aliphatic carbocycles. The van der Waals surface area contributed by atoms with Crippen molar-refractivity contribution in [2.75, 3.05) is 6.61 Å². The normalized spacial score (nSPS) is 11.2. The molecule has 1 rings (SSSR count). The van der Waals surface area contributed by atoms with E-state index in [9.17, 15) is 0 Å². The minimum absolute atomic E-state index is 0.588. The molecule has 2 heteroatoms. The summed E-state index contributed by atoms with van der Waals surface area (Å²) in [6.45, 7) is 10.5. The van der Waals surface area contributed by atoms with Gasteiger partial charge in [-0.2, -0.15) is 0 Å². The molecule has 94 valence electrons. The second kappa shape index (κ2) is 6.45. The van der Waals surface area contributed by atoms with Gasteiger partial charge in [-0.3, -0.25) is 0 Å². The molecule has 0 N–H and O–H groups in total. The van der Waals surface area contributed by atoms with Crippen molar-refractivity contribution in [2.24, 2.45) is 0 Å². The number of ether oxygens (including phenoxy) is 2. The molecule has 0 aliphatic heterocycles. The predicted octanol–water partition coefficient (Wildman–Crippen LogP) is 4.26. The maximum Gasteiger partial charge on any atom is 0.204 e. The average Bonchev–Trinajstić information content (AvgIpc) is 2.29. The van der Waals surface area contributed by atoms with Crippen LogP contribution in [0, 0.1) is 0 Å². The molecule has 2 nitrogen and oxygen atoms in total. The van der Waals surface area contributed by atoms with Crippen molar-refractivity contribution in [3.8, 4) is 5.75 Å². The minimum atomic E-state index is -0.588. The van der Waals surface area contributed by atoms with Crippen LogP contribution in [0.4, 0.5) is 0 Å². The highest BCUT2D eigenvalue weighted by atomic mass is 16.7. The Kier molecular flexibility index (Phi) is 5.23. The Morgan fingerprint density at radius 1 is 1.35 bits per heavy atom. The zero-order valence-corrected chi connectivity index (χ0v) is 11.0. The SMILES string of the molecule is C=Cc1cccc(OC(C)(C)OCCCC)c1. The van der Waals surface area contributed by atoms with Crippen molar-refractivity contribution in [1.82, 2.24) is 0 Å². The molecule has 0 aromatic heterocycles. The third kappa shape index (κ3) is 5.05. The van der Waals surface area contributed by atoms with Crippen LogP contribution < -0.4 is 4.74 Å². The van der Waals surface area contributed by atoms with Crippen molar-refractivity contribution in [1.29, 1.82) is 0 Å². The van der Waals surface area contributed by atoms with Crippen molar-refractivity contribution >= 4 is 6.08 Å². The summed E-state index contributed by atoms with van der Waals surface area (Å²) < 4.78 is 11.5. The van der Waals surface area contributed by atoms with E-state index >= 15 is 0 Å². The van der Waals surface area contributed by atoms with Gasteiger partial charge in [-0.25, -0.2) is 0 Å². The van der Waals surface area contributed by atoms with Crippen LogP contribution >= 0.6 is 0 Å². The molecule has 0 radical (unpaired) electrons. The molecule has 0 heterocycles. The molecule has 17 heavy (non-hydrogen) atoms. The quantitative estimate of drug-likeness (QED) is 0.518. The lowest BCUT2D eigenvalue weighted by molar-refractivity contribution is -0.156. The molecule has 0 atom stereocenters. The zero-order chi connectivity index (χ0) is 12.7. The van der Waals surface area contributed by atoms with E-state index in [4.69, 9.17) is 9.47 Å². The molecule has 0 saturated heterocycles. The van der Waals surface area contributed by atoms with E-state index in [1.165, 1.54) is 0 Å². The van der Waals surface area contributed by atoms with Gasteiger partial charge in [0.25, 0.3) is 0 Å². The monoisotopic (exact) mass is 234 g/mol. The fraction of sp³-hybridized carbons (Fsp3) is 0.467. The minimum Gasteiger partial charge on any atom is -0.463 e. The van der Waals surface area contributed by atoms with Crippen molar-refractivity contribution in [3.05, 3.63) is 36.4 Å². The Bertz CT molecular complexity index is 356. The molecule has 1 aromatic carbocycles. The molecule has 0 bridgehead atoms. The Labute approximate surface area is 104 Å². The van der Waals surface area contributed by atoms with Gasteiger partial charge >= 0.3 is 0 Å². The number of benzene rings is 1. The smallest absolute Gasteiger partial charge is 0.204 e. The molecule has 1 aromatic rings. The van der Waals surface area contributed by atoms with E-state index in [0.717, 1.165) is 30.8 Å². The second-order valence-electron chi connectivity index (χ2n) is 4.48. The maximum absolute atomic E-state index is 5.82. The van der Waals surface area contributed by atoms with Crippen LogP contribution in [0.5, 0.6) is 5.75 Å². The molecule has 0 unspecified atom stereocenters.